The molecule has 0 aromatic heterocycles. The van der Waals surface area contributed by atoms with E-state index in [9.17, 15) is 14.3 Å². The molecule has 0 rings (SSSR count). The van der Waals surface area contributed by atoms with Crippen LogP contribution >= 0.6 is 19.4 Å². The fourth-order valence-electron chi connectivity index (χ4n) is 4.50. The predicted molar refractivity (Wildman–Crippen MR) is 163 cm³/mol. The van der Waals surface area contributed by atoms with Gasteiger partial charge >= 0.3 is 13.6 Å². The number of thioether (sulfide) groups is 1. The summed E-state index contributed by atoms with van der Waals surface area (Å²) in [6, 6.07) is 0. The van der Waals surface area contributed by atoms with Crippen molar-refractivity contribution in [3.63, 3.8) is 0 Å². The van der Waals surface area contributed by atoms with Crippen LogP contribution in [-0.4, -0.2) is 47.0 Å². The van der Waals surface area contributed by atoms with Crippen molar-refractivity contribution in [2.75, 3.05) is 19.0 Å². The summed E-state index contributed by atoms with van der Waals surface area (Å²) in [6.45, 7) is 10.2. The van der Waals surface area contributed by atoms with Crippen LogP contribution in [0.2, 0.25) is 0 Å². The van der Waals surface area contributed by atoms with E-state index >= 15 is 0 Å². The van der Waals surface area contributed by atoms with E-state index in [-0.39, 0.29) is 18.5 Å². The Morgan fingerprint density at radius 2 is 1.26 bits per heavy atom. The van der Waals surface area contributed by atoms with Crippen LogP contribution in [0.3, 0.4) is 0 Å². The first-order valence-corrected chi connectivity index (χ1v) is 18.4. The van der Waals surface area contributed by atoms with E-state index in [0.29, 0.717) is 6.42 Å². The average Bonchev–Trinajstić information content (AvgIpc) is 2.87. The van der Waals surface area contributed by atoms with Crippen molar-refractivity contribution >= 4 is 25.3 Å². The summed E-state index contributed by atoms with van der Waals surface area (Å²) < 4.78 is 29.3. The summed E-state index contributed by atoms with van der Waals surface area (Å²) in [7, 11) is -4.36. The number of carbonyl (C=O) groups is 1. The van der Waals surface area contributed by atoms with E-state index in [0.717, 1.165) is 31.4 Å². The molecule has 0 bridgehead atoms. The molecule has 0 radical (unpaired) electrons. The molecule has 0 aromatic carbocycles. The lowest BCUT2D eigenvalue weighted by Gasteiger charge is -2.28. The number of esters is 1. The van der Waals surface area contributed by atoms with E-state index in [1.807, 2.05) is 25.6 Å². The van der Waals surface area contributed by atoms with Crippen LogP contribution in [-0.2, 0) is 23.4 Å². The van der Waals surface area contributed by atoms with Gasteiger partial charge in [0.2, 0.25) is 0 Å². The van der Waals surface area contributed by atoms with Gasteiger partial charge in [0.25, 0.3) is 5.85 Å². The monoisotopic (exact) mass is 580 g/mol. The molecule has 1 N–H and O–H groups in total. The zero-order chi connectivity index (χ0) is 28.5. The maximum absolute atomic E-state index is 13.1. The van der Waals surface area contributed by atoms with E-state index in [1.165, 1.54) is 83.5 Å². The molecule has 0 aromatic rings. The topological polar surface area (TPSA) is 82.1 Å². The second kappa shape index (κ2) is 25.9. The Kier molecular flexibility index (Phi) is 25.8. The molecule has 0 heterocycles. The minimum Gasteiger partial charge on any atom is -0.464 e. The second-order valence-electron chi connectivity index (χ2n) is 10.5. The molecule has 0 saturated heterocycles. The van der Waals surface area contributed by atoms with Crippen molar-refractivity contribution in [1.29, 1.82) is 0 Å². The Hall–Kier alpha value is -0.0700. The maximum Gasteiger partial charge on any atom is 0.368 e. The van der Waals surface area contributed by atoms with E-state index < -0.39 is 25.5 Å². The summed E-state index contributed by atoms with van der Waals surface area (Å²) in [4.78, 5) is 23.1. The van der Waals surface area contributed by atoms with Gasteiger partial charge in [-0.1, -0.05) is 117 Å². The lowest BCUT2D eigenvalue weighted by Crippen LogP contribution is -2.31. The zero-order valence-electron chi connectivity index (χ0n) is 25.4. The van der Waals surface area contributed by atoms with Crippen LogP contribution in [0, 0.1) is 0 Å². The van der Waals surface area contributed by atoms with Gasteiger partial charge < -0.3 is 18.9 Å². The van der Waals surface area contributed by atoms with E-state index in [1.54, 1.807) is 6.92 Å². The molecule has 0 fully saturated rings. The van der Waals surface area contributed by atoms with Gasteiger partial charge in [0.15, 0.2) is 0 Å². The third-order valence-corrected chi connectivity index (χ3v) is 9.94. The zero-order valence-corrected chi connectivity index (χ0v) is 27.1. The molecule has 0 aliphatic heterocycles. The van der Waals surface area contributed by atoms with Crippen LogP contribution in [0.4, 0.5) is 0 Å². The fourth-order valence-corrected chi connectivity index (χ4v) is 7.29. The van der Waals surface area contributed by atoms with Crippen molar-refractivity contribution in [2.45, 2.75) is 167 Å². The second-order valence-corrected chi connectivity index (χ2v) is 13.7. The van der Waals surface area contributed by atoms with Gasteiger partial charge in [-0.2, -0.15) is 11.8 Å². The van der Waals surface area contributed by atoms with Gasteiger partial charge in [0.05, 0.1) is 12.7 Å². The highest BCUT2D eigenvalue weighted by Crippen LogP contribution is 2.51. The third-order valence-electron chi connectivity index (χ3n) is 6.78. The highest BCUT2D eigenvalue weighted by molar-refractivity contribution is 7.99. The number of hydrogen-bond acceptors (Lipinski definition) is 6. The smallest absolute Gasteiger partial charge is 0.368 e. The highest BCUT2D eigenvalue weighted by Gasteiger charge is 2.43. The van der Waals surface area contributed by atoms with Crippen molar-refractivity contribution in [3.05, 3.63) is 0 Å². The first kappa shape index (κ1) is 37.9. The van der Waals surface area contributed by atoms with Crippen molar-refractivity contribution in [2.24, 2.45) is 0 Å². The summed E-state index contributed by atoms with van der Waals surface area (Å²) in [5.74, 6) is -1.40. The van der Waals surface area contributed by atoms with Gasteiger partial charge in [0, 0.05) is 11.9 Å². The Bertz CT molecular complexity index is 591. The lowest BCUT2D eigenvalue weighted by molar-refractivity contribution is -0.152. The van der Waals surface area contributed by atoms with Crippen LogP contribution in [0.1, 0.15) is 150 Å². The fraction of sp³-hybridized carbons (Fsp3) is 0.967. The molecule has 0 aliphatic carbocycles. The van der Waals surface area contributed by atoms with Gasteiger partial charge in [-0.25, -0.2) is 4.79 Å². The number of hydrogen-bond donors (Lipinski definition) is 1. The number of rotatable bonds is 28. The Morgan fingerprint density at radius 3 is 1.76 bits per heavy atom. The third kappa shape index (κ3) is 19.9. The molecule has 0 aliphatic rings. The molecule has 228 valence electrons. The average molecular weight is 581 g/mol. The molecule has 0 spiro atoms. The van der Waals surface area contributed by atoms with Crippen LogP contribution in [0.25, 0.3) is 0 Å². The van der Waals surface area contributed by atoms with Crippen molar-refractivity contribution in [3.8, 4) is 0 Å². The molecule has 8 heteroatoms. The number of carbonyl (C=O) groups excluding carboxylic acids is 1. The van der Waals surface area contributed by atoms with E-state index in [4.69, 9.17) is 14.0 Å². The number of unbranched alkanes of at least 4 members (excludes halogenated alkanes) is 14. The van der Waals surface area contributed by atoms with Gasteiger partial charge in [-0.15, -0.1) is 0 Å². The largest absolute Gasteiger partial charge is 0.464 e. The summed E-state index contributed by atoms with van der Waals surface area (Å²) in [5, 5.41) is 0.106. The molecule has 4 unspecified atom stereocenters. The minimum atomic E-state index is -4.36. The van der Waals surface area contributed by atoms with Gasteiger partial charge in [0.1, 0.15) is 0 Å². The first-order chi connectivity index (χ1) is 18.3. The van der Waals surface area contributed by atoms with Crippen LogP contribution in [0.15, 0.2) is 0 Å². The lowest BCUT2D eigenvalue weighted by atomic mass is 10.1. The van der Waals surface area contributed by atoms with Crippen LogP contribution in [0.5, 0.6) is 0 Å². The molecule has 0 amide bonds. The summed E-state index contributed by atoms with van der Waals surface area (Å²) in [6.07, 6.45) is 21.5. The molecular formula is C30H61O6PS. The first-order valence-electron chi connectivity index (χ1n) is 15.7. The minimum absolute atomic E-state index is 0.106. The Balaban J connectivity index is 4.70. The van der Waals surface area contributed by atoms with Gasteiger partial charge in [-0.05, 0) is 38.9 Å². The van der Waals surface area contributed by atoms with Crippen molar-refractivity contribution < 1.29 is 28.3 Å². The normalized spacial score (nSPS) is 15.6. The summed E-state index contributed by atoms with van der Waals surface area (Å²) in [5.41, 5.74) is 0. The molecular weight excluding hydrogens is 519 g/mol. The highest BCUT2D eigenvalue weighted by atomic mass is 32.2. The van der Waals surface area contributed by atoms with E-state index in [2.05, 4.69) is 13.8 Å². The standard InChI is InChI=1S/C30H61O6PS/c1-6-10-12-14-15-16-17-18-19-21-23-26-38-28(24-22-20-13-11-7-2)27(5)36-37(32,33)30(35-25-8-3)29(31)34-9-4/h27-28,30H,6-26H2,1-5H3,(H,32,33). The molecule has 38 heavy (non-hydrogen) atoms. The SMILES string of the molecule is CCCCCCCCCCCCCSC(CCCCCCC)C(C)OP(=O)(O)C(OCCC)C(=O)OCC. The molecule has 6 nitrogen and oxygen atoms in total. The summed E-state index contributed by atoms with van der Waals surface area (Å²) >= 11 is 1.85. The molecule has 4 atom stereocenters. The Morgan fingerprint density at radius 1 is 0.763 bits per heavy atom. The van der Waals surface area contributed by atoms with Gasteiger partial charge in [-0.3, -0.25) is 4.57 Å². The number of ether oxygens (including phenoxy) is 2. The van der Waals surface area contributed by atoms with Crippen LogP contribution < -0.4 is 0 Å². The Labute approximate surface area is 239 Å². The molecule has 0 saturated carbocycles. The quantitative estimate of drug-likeness (QED) is 0.0560. The van der Waals surface area contributed by atoms with Crippen molar-refractivity contribution in [1.82, 2.24) is 0 Å². The maximum atomic E-state index is 13.1. The predicted octanol–water partition coefficient (Wildman–Crippen LogP) is 9.67.